The molecule has 1 aliphatic carbocycles. The van der Waals surface area contributed by atoms with Crippen molar-refractivity contribution in [3.63, 3.8) is 0 Å². The molecule has 140 valence electrons. The number of rotatable bonds is 5. The number of sulfonamides is 1. The van der Waals surface area contributed by atoms with E-state index in [1.165, 1.54) is 33.4 Å². The minimum Gasteiger partial charge on any atom is -0.284 e. The summed E-state index contributed by atoms with van der Waals surface area (Å²) in [5, 5.41) is 2.22. The van der Waals surface area contributed by atoms with E-state index in [9.17, 15) is 8.42 Å². The monoisotopic (exact) mass is 397 g/mol. The Kier molecular flexibility index (Phi) is 5.06. The van der Waals surface area contributed by atoms with Gasteiger partial charge in [-0.1, -0.05) is 36.4 Å². The molecule has 0 amide bonds. The average molecular weight is 398 g/mol. The molecule has 0 aliphatic heterocycles. The summed E-state index contributed by atoms with van der Waals surface area (Å²) in [5.41, 5.74) is 6.26. The Balaban J connectivity index is 1.55. The van der Waals surface area contributed by atoms with Gasteiger partial charge in [0.05, 0.1) is 6.26 Å². The fourth-order valence-corrected chi connectivity index (χ4v) is 5.47. The van der Waals surface area contributed by atoms with Crippen molar-refractivity contribution in [1.82, 2.24) is 0 Å². The first-order chi connectivity index (χ1) is 13.0. The van der Waals surface area contributed by atoms with Gasteiger partial charge in [-0.2, -0.15) is 0 Å². The maximum absolute atomic E-state index is 11.3. The summed E-state index contributed by atoms with van der Waals surface area (Å²) in [4.78, 5) is 1.52. The number of nitrogens with one attached hydrogen (secondary N) is 1. The quantitative estimate of drug-likeness (QED) is 0.660. The zero-order chi connectivity index (χ0) is 18.9. The van der Waals surface area contributed by atoms with Gasteiger partial charge in [0.1, 0.15) is 0 Å². The van der Waals surface area contributed by atoms with Crippen LogP contribution in [0, 0.1) is 0 Å². The highest BCUT2D eigenvalue weighted by Crippen LogP contribution is 2.39. The average Bonchev–Trinajstić information content (AvgIpc) is 3.04. The summed E-state index contributed by atoms with van der Waals surface area (Å²) >= 11 is 1.88. The largest absolute Gasteiger partial charge is 0.284 e. The summed E-state index contributed by atoms with van der Waals surface area (Å²) < 4.78 is 25.2. The fourth-order valence-electron chi connectivity index (χ4n) is 3.96. The molecule has 0 saturated heterocycles. The van der Waals surface area contributed by atoms with E-state index >= 15 is 0 Å². The van der Waals surface area contributed by atoms with Crippen LogP contribution in [0.1, 0.15) is 39.5 Å². The molecule has 0 spiro atoms. The van der Waals surface area contributed by atoms with E-state index in [2.05, 4.69) is 40.4 Å². The van der Waals surface area contributed by atoms with Crippen molar-refractivity contribution in [2.75, 3.05) is 11.0 Å². The molecule has 1 heterocycles. The minimum atomic E-state index is -3.23. The highest BCUT2D eigenvalue weighted by Gasteiger charge is 2.24. The van der Waals surface area contributed by atoms with Crippen molar-refractivity contribution in [3.05, 3.63) is 87.1 Å². The Labute approximate surface area is 165 Å². The van der Waals surface area contributed by atoms with E-state index in [0.29, 0.717) is 11.6 Å². The molecule has 1 aliphatic rings. The lowest BCUT2D eigenvalue weighted by molar-refractivity contribution is 0.607. The van der Waals surface area contributed by atoms with Gasteiger partial charge in [0, 0.05) is 16.5 Å². The van der Waals surface area contributed by atoms with Crippen LogP contribution in [0.15, 0.2) is 60.0 Å². The van der Waals surface area contributed by atoms with Gasteiger partial charge in [-0.3, -0.25) is 4.72 Å². The predicted molar refractivity (Wildman–Crippen MR) is 113 cm³/mol. The molecule has 0 bridgehead atoms. The van der Waals surface area contributed by atoms with Crippen molar-refractivity contribution in [3.8, 4) is 0 Å². The van der Waals surface area contributed by atoms with Gasteiger partial charge in [0.2, 0.25) is 10.0 Å². The van der Waals surface area contributed by atoms with Gasteiger partial charge in [-0.15, -0.1) is 11.3 Å². The summed E-state index contributed by atoms with van der Waals surface area (Å²) in [6.07, 6.45) is 5.44. The van der Waals surface area contributed by atoms with E-state index in [1.807, 2.05) is 35.6 Å². The molecule has 1 N–H and O–H groups in total. The number of hydrogen-bond donors (Lipinski definition) is 1. The van der Waals surface area contributed by atoms with Gasteiger partial charge in [0.25, 0.3) is 0 Å². The van der Waals surface area contributed by atoms with Gasteiger partial charge >= 0.3 is 0 Å². The van der Waals surface area contributed by atoms with Gasteiger partial charge < -0.3 is 0 Å². The molecular weight excluding hydrogens is 374 g/mol. The van der Waals surface area contributed by atoms with Crippen molar-refractivity contribution < 1.29 is 8.42 Å². The molecule has 1 unspecified atom stereocenters. The first-order valence-electron chi connectivity index (χ1n) is 9.20. The molecule has 3 aromatic rings. The van der Waals surface area contributed by atoms with E-state index in [1.54, 1.807) is 0 Å². The second-order valence-electron chi connectivity index (χ2n) is 7.16. The van der Waals surface area contributed by atoms with E-state index in [0.717, 1.165) is 25.7 Å². The second-order valence-corrected chi connectivity index (χ2v) is 9.91. The number of thiophene rings is 1. The van der Waals surface area contributed by atoms with Gasteiger partial charge in [-0.05, 0) is 71.5 Å². The smallest absolute Gasteiger partial charge is 0.229 e. The summed E-state index contributed by atoms with van der Waals surface area (Å²) in [5.74, 6) is 0.429. The van der Waals surface area contributed by atoms with Gasteiger partial charge in [-0.25, -0.2) is 8.42 Å². The Morgan fingerprint density at radius 1 is 1.00 bits per heavy atom. The standard InChI is InChI=1S/C22H23NO2S2/c1-27(24,25)23-18-10-6-16(7-11-18)8-12-20-19-5-3-2-4-17(19)9-13-22-21(20)14-15-26-22/h2-7,10-11,14-15,20,23H,8-9,12-13H2,1H3. The van der Waals surface area contributed by atoms with E-state index < -0.39 is 10.0 Å². The van der Waals surface area contributed by atoms with Crippen molar-refractivity contribution >= 4 is 27.0 Å². The lowest BCUT2D eigenvalue weighted by Gasteiger charge is -2.19. The maximum atomic E-state index is 11.3. The zero-order valence-corrected chi connectivity index (χ0v) is 16.9. The van der Waals surface area contributed by atoms with Crippen LogP contribution in [0.2, 0.25) is 0 Å². The third-order valence-electron chi connectivity index (χ3n) is 5.19. The minimum absolute atomic E-state index is 0.429. The SMILES string of the molecule is CS(=O)(=O)Nc1ccc(CCC2c3ccccc3CCc3sccc32)cc1. The van der Waals surface area contributed by atoms with Crippen LogP contribution >= 0.6 is 11.3 Å². The third-order valence-corrected chi connectivity index (χ3v) is 6.79. The summed E-state index contributed by atoms with van der Waals surface area (Å²) in [7, 11) is -3.23. The second kappa shape index (κ2) is 7.49. The summed E-state index contributed by atoms with van der Waals surface area (Å²) in [6, 6.07) is 18.9. The molecule has 2 aromatic carbocycles. The number of aryl methyl sites for hydroxylation is 3. The van der Waals surface area contributed by atoms with Crippen LogP contribution in [0.4, 0.5) is 5.69 Å². The molecule has 5 heteroatoms. The first kappa shape index (κ1) is 18.3. The van der Waals surface area contributed by atoms with Crippen molar-refractivity contribution in [2.45, 2.75) is 31.6 Å². The van der Waals surface area contributed by atoms with Crippen LogP contribution in [0.5, 0.6) is 0 Å². The Morgan fingerprint density at radius 2 is 1.78 bits per heavy atom. The lowest BCUT2D eigenvalue weighted by atomic mass is 9.85. The highest BCUT2D eigenvalue weighted by atomic mass is 32.2. The molecule has 0 radical (unpaired) electrons. The topological polar surface area (TPSA) is 46.2 Å². The van der Waals surface area contributed by atoms with Crippen LogP contribution < -0.4 is 4.72 Å². The molecule has 0 saturated carbocycles. The van der Waals surface area contributed by atoms with Crippen LogP contribution in [0.3, 0.4) is 0 Å². The van der Waals surface area contributed by atoms with E-state index in [4.69, 9.17) is 0 Å². The Hall–Kier alpha value is -2.11. The molecular formula is C22H23NO2S2. The number of anilines is 1. The molecule has 1 aromatic heterocycles. The Bertz CT molecular complexity index is 1040. The first-order valence-corrected chi connectivity index (χ1v) is 12.0. The fraction of sp³-hybridized carbons (Fsp3) is 0.273. The zero-order valence-electron chi connectivity index (χ0n) is 15.3. The molecule has 3 nitrogen and oxygen atoms in total. The summed E-state index contributed by atoms with van der Waals surface area (Å²) in [6.45, 7) is 0. The number of benzene rings is 2. The molecule has 0 fully saturated rings. The van der Waals surface area contributed by atoms with E-state index in [-0.39, 0.29) is 0 Å². The predicted octanol–water partition coefficient (Wildman–Crippen LogP) is 4.98. The highest BCUT2D eigenvalue weighted by molar-refractivity contribution is 7.92. The van der Waals surface area contributed by atoms with Crippen LogP contribution in [0.25, 0.3) is 0 Å². The molecule has 1 atom stereocenters. The van der Waals surface area contributed by atoms with Crippen LogP contribution in [-0.4, -0.2) is 14.7 Å². The van der Waals surface area contributed by atoms with Crippen molar-refractivity contribution in [1.29, 1.82) is 0 Å². The van der Waals surface area contributed by atoms with Crippen LogP contribution in [-0.2, 0) is 29.3 Å². The normalized spacial score (nSPS) is 16.3. The van der Waals surface area contributed by atoms with Crippen molar-refractivity contribution in [2.24, 2.45) is 0 Å². The molecule has 27 heavy (non-hydrogen) atoms. The maximum Gasteiger partial charge on any atom is 0.229 e. The number of hydrogen-bond acceptors (Lipinski definition) is 3. The van der Waals surface area contributed by atoms with Gasteiger partial charge in [0.15, 0.2) is 0 Å². The third kappa shape index (κ3) is 4.25. The lowest BCUT2D eigenvalue weighted by Crippen LogP contribution is -2.09. The molecule has 4 rings (SSSR count). The number of fused-ring (bicyclic) bond motifs is 2. The Morgan fingerprint density at radius 3 is 2.56 bits per heavy atom.